The molecule has 12 heavy (non-hydrogen) atoms. The maximum Gasteiger partial charge on any atom is 0.128 e. The molecule has 0 bridgehead atoms. The molecule has 0 fully saturated rings. The first-order valence-corrected chi connectivity index (χ1v) is 4.60. The molecule has 0 saturated heterocycles. The molecule has 68 valence electrons. The van der Waals surface area contributed by atoms with E-state index in [4.69, 9.17) is 0 Å². The van der Waals surface area contributed by atoms with E-state index in [1.807, 2.05) is 6.21 Å². The average Bonchev–Trinajstić information content (AvgIpc) is 2.33. The number of rotatable bonds is 2. The van der Waals surface area contributed by atoms with Gasteiger partial charge in [0.1, 0.15) is 12.2 Å². The molecule has 0 saturated carbocycles. The van der Waals surface area contributed by atoms with Gasteiger partial charge in [0.15, 0.2) is 0 Å². The van der Waals surface area contributed by atoms with E-state index >= 15 is 0 Å². The molecule has 1 rings (SSSR count). The number of hydrogen-bond acceptors (Lipinski definition) is 1. The second-order valence-electron chi connectivity index (χ2n) is 4.22. The first-order chi connectivity index (χ1) is 5.46. The molecule has 1 unspecified atom stereocenters. The molecule has 1 aliphatic heterocycles. The molecule has 1 heterocycles. The van der Waals surface area contributed by atoms with Crippen LogP contribution in [0.2, 0.25) is 0 Å². The van der Waals surface area contributed by atoms with Crippen molar-refractivity contribution < 1.29 is 4.59 Å². The highest BCUT2D eigenvalue weighted by Crippen LogP contribution is 2.22. The number of nitrogens with zero attached hydrogens (tertiary/aromatic N) is 2. The highest BCUT2D eigenvalue weighted by molar-refractivity contribution is 5.79. The Bertz CT molecular complexity index is 226. The molecule has 0 aromatic heterocycles. The quantitative estimate of drug-likeness (QED) is 0.560. The predicted molar refractivity (Wildman–Crippen MR) is 52.7 cm³/mol. The Hall–Kier alpha value is -0.630. The van der Waals surface area contributed by atoms with Gasteiger partial charge in [0, 0.05) is 5.57 Å². The van der Waals surface area contributed by atoms with Gasteiger partial charge in [-0.3, -0.25) is 0 Å². The van der Waals surface area contributed by atoms with Crippen LogP contribution >= 0.6 is 0 Å². The fourth-order valence-electron chi connectivity index (χ4n) is 1.14. The van der Waals surface area contributed by atoms with Crippen molar-refractivity contribution in [3.63, 3.8) is 0 Å². The van der Waals surface area contributed by atoms with E-state index in [2.05, 4.69) is 46.0 Å². The highest BCUT2D eigenvalue weighted by Gasteiger charge is 2.28. The van der Waals surface area contributed by atoms with Crippen molar-refractivity contribution in [1.29, 1.82) is 0 Å². The van der Waals surface area contributed by atoms with E-state index in [0.29, 0.717) is 16.6 Å². The minimum atomic E-state index is 0.525. The van der Waals surface area contributed by atoms with E-state index in [-0.39, 0.29) is 0 Å². The lowest BCUT2D eigenvalue weighted by Crippen LogP contribution is -2.37. The van der Waals surface area contributed by atoms with Crippen LogP contribution in [0.1, 0.15) is 27.7 Å². The van der Waals surface area contributed by atoms with E-state index in [9.17, 15) is 0 Å². The molecule has 0 N–H and O–H groups in total. The van der Waals surface area contributed by atoms with Crippen LogP contribution in [0.25, 0.3) is 0 Å². The van der Waals surface area contributed by atoms with E-state index in [1.165, 1.54) is 5.57 Å². The fraction of sp³-hybridized carbons (Fsp3) is 0.700. The molecule has 0 amide bonds. The van der Waals surface area contributed by atoms with Gasteiger partial charge in [-0.15, -0.1) is 0 Å². The molecule has 0 spiro atoms. The minimum absolute atomic E-state index is 0.525. The standard InChI is InChI=1S/C10H19N2/c1-8(2)10-6-11-12(5,7-10)9(3)4/h6-9H,1-5H3/q+1. The maximum absolute atomic E-state index is 4.49. The van der Waals surface area contributed by atoms with Crippen molar-refractivity contribution in [3.8, 4) is 0 Å². The van der Waals surface area contributed by atoms with Gasteiger partial charge in [0.25, 0.3) is 0 Å². The first kappa shape index (κ1) is 9.46. The summed E-state index contributed by atoms with van der Waals surface area (Å²) >= 11 is 0. The van der Waals surface area contributed by atoms with Crippen LogP contribution < -0.4 is 0 Å². The van der Waals surface area contributed by atoms with Gasteiger partial charge in [0.05, 0.1) is 13.3 Å². The van der Waals surface area contributed by atoms with Crippen molar-refractivity contribution in [3.05, 3.63) is 11.8 Å². The molecular weight excluding hydrogens is 148 g/mol. The molecule has 0 aliphatic carbocycles. The maximum atomic E-state index is 4.49. The van der Waals surface area contributed by atoms with Crippen molar-refractivity contribution in [2.45, 2.75) is 33.7 Å². The van der Waals surface area contributed by atoms with Crippen LogP contribution in [0, 0.1) is 5.92 Å². The Balaban J connectivity index is 2.84. The number of hydrogen-bond donors (Lipinski definition) is 0. The van der Waals surface area contributed by atoms with Gasteiger partial charge >= 0.3 is 0 Å². The highest BCUT2D eigenvalue weighted by atomic mass is 15.6. The monoisotopic (exact) mass is 167 g/mol. The molecule has 2 heteroatoms. The molecule has 1 atom stereocenters. The lowest BCUT2D eigenvalue weighted by molar-refractivity contribution is -0.885. The zero-order chi connectivity index (χ0) is 9.35. The van der Waals surface area contributed by atoms with E-state index in [1.54, 1.807) is 0 Å². The summed E-state index contributed by atoms with van der Waals surface area (Å²) < 4.78 is 0.702. The smallest absolute Gasteiger partial charge is 0.128 e. The van der Waals surface area contributed by atoms with Crippen LogP contribution in [-0.4, -0.2) is 23.9 Å². The molecule has 0 aromatic rings. The summed E-state index contributed by atoms with van der Waals surface area (Å²) in [5.74, 6) is 0.590. The predicted octanol–water partition coefficient (Wildman–Crippen LogP) is 2.38. The summed E-state index contributed by atoms with van der Waals surface area (Å²) in [6, 6.07) is 0.525. The van der Waals surface area contributed by atoms with Gasteiger partial charge in [0.2, 0.25) is 0 Å². The summed E-state index contributed by atoms with van der Waals surface area (Å²) in [5.41, 5.74) is 1.35. The summed E-state index contributed by atoms with van der Waals surface area (Å²) in [6.07, 6.45) is 4.25. The van der Waals surface area contributed by atoms with Crippen molar-refractivity contribution in [2.24, 2.45) is 11.0 Å². The van der Waals surface area contributed by atoms with Gasteiger partial charge in [-0.2, -0.15) is 4.59 Å². The van der Waals surface area contributed by atoms with E-state index < -0.39 is 0 Å². The molecular formula is C10H19N2+. The van der Waals surface area contributed by atoms with Crippen molar-refractivity contribution in [2.75, 3.05) is 7.05 Å². The fourth-order valence-corrected chi connectivity index (χ4v) is 1.14. The van der Waals surface area contributed by atoms with Crippen LogP contribution in [0.3, 0.4) is 0 Å². The topological polar surface area (TPSA) is 12.4 Å². The molecule has 1 aliphatic rings. The summed E-state index contributed by atoms with van der Waals surface area (Å²) in [7, 11) is 2.14. The van der Waals surface area contributed by atoms with Crippen LogP contribution in [0.4, 0.5) is 0 Å². The minimum Gasteiger partial charge on any atom is -0.172 e. The van der Waals surface area contributed by atoms with Crippen molar-refractivity contribution in [1.82, 2.24) is 0 Å². The Morgan fingerprint density at radius 3 is 2.08 bits per heavy atom. The molecule has 0 aromatic carbocycles. The van der Waals surface area contributed by atoms with Gasteiger partial charge in [-0.25, -0.2) is 0 Å². The second-order valence-corrected chi connectivity index (χ2v) is 4.22. The number of quaternary nitrogens is 1. The third kappa shape index (κ3) is 1.58. The van der Waals surface area contributed by atoms with Crippen LogP contribution in [0.15, 0.2) is 16.9 Å². The second kappa shape index (κ2) is 3.02. The largest absolute Gasteiger partial charge is 0.172 e. The van der Waals surface area contributed by atoms with Crippen LogP contribution in [0.5, 0.6) is 0 Å². The normalized spacial score (nSPS) is 28.8. The number of allylic oxidation sites excluding steroid dienone is 1. The van der Waals surface area contributed by atoms with Gasteiger partial charge < -0.3 is 0 Å². The molecule has 2 nitrogen and oxygen atoms in total. The lowest BCUT2D eigenvalue weighted by Gasteiger charge is -2.24. The third-order valence-corrected chi connectivity index (χ3v) is 2.58. The Morgan fingerprint density at radius 1 is 1.25 bits per heavy atom. The van der Waals surface area contributed by atoms with Gasteiger partial charge in [-0.1, -0.05) is 18.9 Å². The lowest BCUT2D eigenvalue weighted by atomic mass is 10.1. The average molecular weight is 167 g/mol. The Kier molecular flexibility index (Phi) is 2.38. The summed E-state index contributed by atoms with van der Waals surface area (Å²) in [4.78, 5) is 0. The molecule has 0 radical (unpaired) electrons. The third-order valence-electron chi connectivity index (χ3n) is 2.58. The summed E-state index contributed by atoms with van der Waals surface area (Å²) in [5, 5.41) is 4.49. The first-order valence-electron chi connectivity index (χ1n) is 4.60. The SMILES string of the molecule is CC(C)C1=C[N+](C)(C(C)C)N=C1. The zero-order valence-electron chi connectivity index (χ0n) is 8.70. The van der Waals surface area contributed by atoms with Gasteiger partial charge in [-0.05, 0) is 19.8 Å². The Morgan fingerprint density at radius 2 is 1.83 bits per heavy atom. The van der Waals surface area contributed by atoms with E-state index in [0.717, 1.165) is 0 Å². The zero-order valence-corrected chi connectivity index (χ0v) is 8.70. The van der Waals surface area contributed by atoms with Crippen LogP contribution in [-0.2, 0) is 0 Å². The summed E-state index contributed by atoms with van der Waals surface area (Å²) in [6.45, 7) is 8.79. The van der Waals surface area contributed by atoms with Crippen molar-refractivity contribution >= 4 is 6.21 Å². The Labute approximate surface area is 75.2 Å².